The van der Waals surface area contributed by atoms with Crippen LogP contribution in [0.3, 0.4) is 0 Å². The van der Waals surface area contributed by atoms with Gasteiger partial charge in [0, 0.05) is 25.4 Å². The minimum atomic E-state index is -0.149. The van der Waals surface area contributed by atoms with Gasteiger partial charge < -0.3 is 10.0 Å². The van der Waals surface area contributed by atoms with E-state index >= 15 is 0 Å². The number of rotatable bonds is 7. The molecule has 1 unspecified atom stereocenters. The van der Waals surface area contributed by atoms with Gasteiger partial charge in [0.15, 0.2) is 0 Å². The van der Waals surface area contributed by atoms with Crippen LogP contribution in [0.5, 0.6) is 0 Å². The van der Waals surface area contributed by atoms with Gasteiger partial charge in [0.1, 0.15) is 0 Å². The number of aromatic nitrogens is 1. The number of hydrogen-bond donors (Lipinski definition) is 1. The summed E-state index contributed by atoms with van der Waals surface area (Å²) < 4.78 is 0. The first kappa shape index (κ1) is 17.5. The van der Waals surface area contributed by atoms with Gasteiger partial charge in [-0.05, 0) is 29.9 Å². The van der Waals surface area contributed by atoms with Crippen molar-refractivity contribution in [2.24, 2.45) is 0 Å². The first-order chi connectivity index (χ1) is 11.2. The lowest BCUT2D eigenvalue weighted by molar-refractivity contribution is 0.0704. The van der Waals surface area contributed by atoms with Crippen LogP contribution in [0.25, 0.3) is 0 Å². The maximum Gasteiger partial charge on any atom is 0.254 e. The summed E-state index contributed by atoms with van der Waals surface area (Å²) in [6, 6.07) is 13.2. The minimum absolute atomic E-state index is 0.0322. The van der Waals surface area contributed by atoms with E-state index in [1.165, 1.54) is 0 Å². The lowest BCUT2D eigenvalue weighted by Crippen LogP contribution is -2.32. The van der Waals surface area contributed by atoms with E-state index in [0.29, 0.717) is 12.0 Å². The molecule has 122 valence electrons. The average Bonchev–Trinajstić information content (AvgIpc) is 2.60. The Morgan fingerprint density at radius 2 is 2.04 bits per heavy atom. The number of carbonyl (C=O) groups excluding carboxylic acids is 1. The number of nitrogens with zero attached hydrogens (tertiary/aromatic N) is 2. The topological polar surface area (TPSA) is 53.4 Å². The van der Waals surface area contributed by atoms with Gasteiger partial charge in [0.05, 0.1) is 11.1 Å². The summed E-state index contributed by atoms with van der Waals surface area (Å²) in [5.41, 5.74) is 1.65. The Morgan fingerprint density at radius 1 is 1.30 bits per heavy atom. The van der Waals surface area contributed by atoms with Gasteiger partial charge in [0.2, 0.25) is 0 Å². The van der Waals surface area contributed by atoms with Crippen molar-refractivity contribution in [1.29, 1.82) is 0 Å². The van der Waals surface area contributed by atoms with Gasteiger partial charge in [0.25, 0.3) is 5.91 Å². The molecule has 4 nitrogen and oxygen atoms in total. The molecule has 1 heterocycles. The van der Waals surface area contributed by atoms with Crippen LogP contribution < -0.4 is 0 Å². The van der Waals surface area contributed by atoms with Gasteiger partial charge in [-0.15, -0.1) is 11.8 Å². The van der Waals surface area contributed by atoms with Crippen molar-refractivity contribution in [3.05, 3.63) is 59.8 Å². The van der Waals surface area contributed by atoms with Gasteiger partial charge in [-0.3, -0.25) is 4.79 Å². The third kappa shape index (κ3) is 4.56. The molecule has 0 radical (unpaired) electrons. The molecule has 2 aromatic rings. The predicted molar refractivity (Wildman–Crippen MR) is 93.6 cm³/mol. The molecule has 0 saturated heterocycles. The van der Waals surface area contributed by atoms with E-state index in [2.05, 4.69) is 11.9 Å². The first-order valence-electron chi connectivity index (χ1n) is 7.69. The number of hydrogen-bond acceptors (Lipinski definition) is 4. The van der Waals surface area contributed by atoms with Crippen LogP contribution in [-0.2, 0) is 0 Å². The molecule has 2 rings (SSSR count). The standard InChI is InChI=1S/C18H22N2O2S/c1-3-23-17-13-15(9-11-19-17)18(22)20(2)16(10-12-21)14-7-5-4-6-8-14/h4-9,11,13,16,21H,3,10,12H2,1-2H3. The van der Waals surface area contributed by atoms with Crippen molar-refractivity contribution in [2.45, 2.75) is 24.4 Å². The van der Waals surface area contributed by atoms with Crippen LogP contribution in [0.2, 0.25) is 0 Å². The molecular formula is C18H22N2O2S. The van der Waals surface area contributed by atoms with Crippen molar-refractivity contribution in [1.82, 2.24) is 9.88 Å². The van der Waals surface area contributed by atoms with Gasteiger partial charge >= 0.3 is 0 Å². The summed E-state index contributed by atoms with van der Waals surface area (Å²) in [4.78, 5) is 18.8. The lowest BCUT2D eigenvalue weighted by Gasteiger charge is -2.28. The zero-order valence-electron chi connectivity index (χ0n) is 13.5. The molecule has 0 aliphatic rings. The summed E-state index contributed by atoms with van der Waals surface area (Å²) >= 11 is 1.61. The van der Waals surface area contributed by atoms with E-state index in [9.17, 15) is 9.90 Å². The van der Waals surface area contributed by atoms with Crippen LogP contribution in [0, 0.1) is 0 Å². The predicted octanol–water partition coefficient (Wildman–Crippen LogP) is 3.39. The SMILES string of the molecule is CCSc1cc(C(=O)N(C)C(CCO)c2ccccc2)ccn1. The summed E-state index contributed by atoms with van der Waals surface area (Å²) in [7, 11) is 1.78. The van der Waals surface area contributed by atoms with Crippen molar-refractivity contribution in [2.75, 3.05) is 19.4 Å². The van der Waals surface area contributed by atoms with E-state index in [1.807, 2.05) is 36.4 Å². The van der Waals surface area contributed by atoms with Crippen molar-refractivity contribution in [3.8, 4) is 0 Å². The number of amides is 1. The van der Waals surface area contributed by atoms with Crippen LogP contribution in [0.15, 0.2) is 53.7 Å². The number of aliphatic hydroxyl groups is 1. The van der Waals surface area contributed by atoms with Crippen molar-refractivity contribution >= 4 is 17.7 Å². The second-order valence-corrected chi connectivity index (χ2v) is 6.45. The number of benzene rings is 1. The molecule has 1 aromatic carbocycles. The van der Waals surface area contributed by atoms with Crippen LogP contribution in [-0.4, -0.2) is 40.3 Å². The highest BCUT2D eigenvalue weighted by molar-refractivity contribution is 7.99. The van der Waals surface area contributed by atoms with Crippen LogP contribution >= 0.6 is 11.8 Å². The fraction of sp³-hybridized carbons (Fsp3) is 0.333. The van der Waals surface area contributed by atoms with E-state index in [0.717, 1.165) is 16.3 Å². The summed E-state index contributed by atoms with van der Waals surface area (Å²) in [5, 5.41) is 10.2. The van der Waals surface area contributed by atoms with Gasteiger partial charge in [-0.25, -0.2) is 4.98 Å². The minimum Gasteiger partial charge on any atom is -0.396 e. The second kappa shape index (κ2) is 8.70. The average molecular weight is 330 g/mol. The fourth-order valence-corrected chi connectivity index (χ4v) is 3.14. The Kier molecular flexibility index (Phi) is 6.62. The fourth-order valence-electron chi connectivity index (χ4n) is 2.50. The monoisotopic (exact) mass is 330 g/mol. The molecule has 1 N–H and O–H groups in total. The van der Waals surface area contributed by atoms with Crippen molar-refractivity contribution in [3.63, 3.8) is 0 Å². The molecule has 1 amide bonds. The lowest BCUT2D eigenvalue weighted by atomic mass is 10.0. The molecule has 0 saturated carbocycles. The molecule has 23 heavy (non-hydrogen) atoms. The Labute approximate surface area is 141 Å². The van der Waals surface area contributed by atoms with Gasteiger partial charge in [-0.2, -0.15) is 0 Å². The Morgan fingerprint density at radius 3 is 2.70 bits per heavy atom. The molecule has 5 heteroatoms. The molecule has 0 spiro atoms. The first-order valence-corrected chi connectivity index (χ1v) is 8.67. The maximum absolute atomic E-state index is 12.8. The highest BCUT2D eigenvalue weighted by Crippen LogP contribution is 2.25. The van der Waals surface area contributed by atoms with Gasteiger partial charge in [-0.1, -0.05) is 37.3 Å². The molecule has 0 fully saturated rings. The van der Waals surface area contributed by atoms with Crippen LogP contribution in [0.1, 0.15) is 35.3 Å². The molecule has 0 bridgehead atoms. The summed E-state index contributed by atoms with van der Waals surface area (Å²) in [6.45, 7) is 2.09. The van der Waals surface area contributed by atoms with Crippen LogP contribution in [0.4, 0.5) is 0 Å². The van der Waals surface area contributed by atoms with E-state index in [1.54, 1.807) is 36.0 Å². The Balaban J connectivity index is 2.23. The second-order valence-electron chi connectivity index (χ2n) is 5.17. The Hall–Kier alpha value is -1.85. The normalized spacial score (nSPS) is 12.0. The van der Waals surface area contributed by atoms with E-state index < -0.39 is 0 Å². The quantitative estimate of drug-likeness (QED) is 0.791. The third-order valence-electron chi connectivity index (χ3n) is 3.65. The zero-order chi connectivity index (χ0) is 16.7. The largest absolute Gasteiger partial charge is 0.396 e. The highest BCUT2D eigenvalue weighted by atomic mass is 32.2. The summed E-state index contributed by atoms with van der Waals surface area (Å²) in [6.07, 6.45) is 2.18. The molecule has 0 aliphatic heterocycles. The van der Waals surface area contributed by atoms with E-state index in [4.69, 9.17) is 0 Å². The zero-order valence-corrected chi connectivity index (χ0v) is 14.3. The summed E-state index contributed by atoms with van der Waals surface area (Å²) in [5.74, 6) is 0.852. The smallest absolute Gasteiger partial charge is 0.254 e. The number of aliphatic hydroxyl groups excluding tert-OH is 1. The number of carbonyl (C=O) groups is 1. The van der Waals surface area contributed by atoms with Crippen molar-refractivity contribution < 1.29 is 9.90 Å². The molecule has 0 aliphatic carbocycles. The highest BCUT2D eigenvalue weighted by Gasteiger charge is 2.22. The Bertz CT molecular complexity index is 634. The molecule has 1 aromatic heterocycles. The maximum atomic E-state index is 12.8. The molecular weight excluding hydrogens is 308 g/mol. The third-order valence-corrected chi connectivity index (χ3v) is 4.46. The van der Waals surface area contributed by atoms with E-state index in [-0.39, 0.29) is 18.6 Å². The number of thioether (sulfide) groups is 1. The molecule has 1 atom stereocenters. The number of pyridine rings is 1.